The summed E-state index contributed by atoms with van der Waals surface area (Å²) >= 11 is 0. The highest BCUT2D eigenvalue weighted by molar-refractivity contribution is 6.70. The summed E-state index contributed by atoms with van der Waals surface area (Å²) in [6.07, 6.45) is -1.76. The third kappa shape index (κ3) is 4.78. The Morgan fingerprint density at radius 1 is 1.00 bits per heavy atom. The van der Waals surface area contributed by atoms with Gasteiger partial charge in [-0.2, -0.15) is 8.78 Å². The fourth-order valence-electron chi connectivity index (χ4n) is 1.63. The molecule has 0 unspecified atom stereocenters. The molecule has 19 heavy (non-hydrogen) atoms. The second kappa shape index (κ2) is 5.45. The molecule has 4 heteroatoms. The summed E-state index contributed by atoms with van der Waals surface area (Å²) < 4.78 is 31.5. The Labute approximate surface area is 115 Å². The number of hydrogen-bond donors (Lipinski definition) is 0. The van der Waals surface area contributed by atoms with Crippen molar-refractivity contribution >= 4 is 14.1 Å². The molecule has 0 heterocycles. The molecule has 1 rings (SSSR count). The first-order valence-corrected chi connectivity index (χ1v) is 9.77. The number of hydrogen-bond acceptors (Lipinski definition) is 1. The van der Waals surface area contributed by atoms with E-state index < -0.39 is 14.4 Å². The molecule has 106 valence electrons. The van der Waals surface area contributed by atoms with Crippen molar-refractivity contribution in [1.82, 2.24) is 0 Å². The molecule has 0 saturated heterocycles. The van der Waals surface area contributed by atoms with Crippen molar-refractivity contribution in [3.05, 3.63) is 41.5 Å². The van der Waals surface area contributed by atoms with Gasteiger partial charge in [-0.3, -0.25) is 0 Å². The summed E-state index contributed by atoms with van der Waals surface area (Å²) in [6.45, 7) is 11.9. The summed E-state index contributed by atoms with van der Waals surface area (Å²) in [5.41, 5.74) is 1.56. The first kappa shape index (κ1) is 15.9. The van der Waals surface area contributed by atoms with Gasteiger partial charge in [0.15, 0.2) is 5.76 Å². The Bertz CT molecular complexity index is 460. The highest BCUT2D eigenvalue weighted by Gasteiger charge is 2.22. The zero-order chi connectivity index (χ0) is 14.8. The largest absolute Gasteiger partial charge is 0.540 e. The van der Waals surface area contributed by atoms with Gasteiger partial charge < -0.3 is 4.43 Å². The summed E-state index contributed by atoms with van der Waals surface area (Å²) in [6, 6.07) is 7.17. The summed E-state index contributed by atoms with van der Waals surface area (Å²) in [4.78, 5) is 0. The van der Waals surface area contributed by atoms with Crippen LogP contribution in [0.15, 0.2) is 30.3 Å². The monoisotopic (exact) mass is 284 g/mol. The highest BCUT2D eigenvalue weighted by Crippen LogP contribution is 2.29. The van der Waals surface area contributed by atoms with Crippen molar-refractivity contribution in [2.24, 2.45) is 0 Å². The maximum absolute atomic E-state index is 13.0. The normalized spacial score (nSPS) is 12.2. The van der Waals surface area contributed by atoms with Crippen LogP contribution in [0.1, 0.15) is 31.9 Å². The molecular formula is C15H22F2OSi. The standard InChI is InChI=1S/C15H22F2OSi/c1-15(2,3)12-9-7-11(8-10-12)13(14(16)17)18-19(4,5)6/h7-10H,1-6H3. The smallest absolute Gasteiger partial charge is 0.311 e. The molecule has 1 aromatic carbocycles. The quantitative estimate of drug-likeness (QED) is 0.533. The number of benzene rings is 1. The Hall–Kier alpha value is -1.16. The zero-order valence-electron chi connectivity index (χ0n) is 12.5. The van der Waals surface area contributed by atoms with Gasteiger partial charge in [0.05, 0.1) is 0 Å². The first-order valence-electron chi connectivity index (χ1n) is 6.36. The van der Waals surface area contributed by atoms with Crippen molar-refractivity contribution in [3.63, 3.8) is 0 Å². The van der Waals surface area contributed by atoms with Crippen LogP contribution in [0.4, 0.5) is 8.78 Å². The van der Waals surface area contributed by atoms with Crippen molar-refractivity contribution < 1.29 is 13.2 Å². The van der Waals surface area contributed by atoms with Crippen LogP contribution < -0.4 is 0 Å². The van der Waals surface area contributed by atoms with Gasteiger partial charge in [0.25, 0.3) is 0 Å². The minimum absolute atomic E-state index is 0.0102. The van der Waals surface area contributed by atoms with Gasteiger partial charge >= 0.3 is 6.08 Å². The molecular weight excluding hydrogens is 262 g/mol. The zero-order valence-corrected chi connectivity index (χ0v) is 13.5. The summed E-state index contributed by atoms with van der Waals surface area (Å²) in [7, 11) is -2.05. The van der Waals surface area contributed by atoms with Crippen molar-refractivity contribution in [2.45, 2.75) is 45.8 Å². The fourth-order valence-corrected chi connectivity index (χ4v) is 2.44. The van der Waals surface area contributed by atoms with Gasteiger partial charge in [-0.25, -0.2) is 0 Å². The van der Waals surface area contributed by atoms with Crippen LogP contribution in [0.25, 0.3) is 5.76 Å². The van der Waals surface area contributed by atoms with Gasteiger partial charge in [-0.15, -0.1) is 0 Å². The predicted octanol–water partition coefficient (Wildman–Crippen LogP) is 5.40. The van der Waals surface area contributed by atoms with Gasteiger partial charge in [0.2, 0.25) is 8.32 Å². The minimum Gasteiger partial charge on any atom is -0.540 e. The molecule has 0 radical (unpaired) electrons. The third-order valence-electron chi connectivity index (χ3n) is 2.59. The maximum Gasteiger partial charge on any atom is 0.311 e. The van der Waals surface area contributed by atoms with E-state index in [-0.39, 0.29) is 11.2 Å². The SMILES string of the molecule is CC(C)(C)c1ccc(C(O[Si](C)(C)C)=C(F)F)cc1. The Morgan fingerprint density at radius 3 is 1.79 bits per heavy atom. The first-order chi connectivity index (χ1) is 8.50. The Kier molecular flexibility index (Phi) is 4.56. The summed E-state index contributed by atoms with van der Waals surface area (Å²) in [5.74, 6) is -0.278. The molecule has 1 nitrogen and oxygen atoms in total. The molecule has 0 aliphatic carbocycles. The Balaban J connectivity index is 3.11. The van der Waals surface area contributed by atoms with Gasteiger partial charge in [-0.1, -0.05) is 45.0 Å². The predicted molar refractivity (Wildman–Crippen MR) is 78.7 cm³/mol. The molecule has 0 aromatic heterocycles. The minimum atomic E-state index is -2.05. The Morgan fingerprint density at radius 2 is 1.47 bits per heavy atom. The maximum atomic E-state index is 13.0. The van der Waals surface area contributed by atoms with Crippen LogP contribution in [0.5, 0.6) is 0 Å². The fraction of sp³-hybridized carbons (Fsp3) is 0.467. The van der Waals surface area contributed by atoms with Crippen LogP contribution in [0.2, 0.25) is 19.6 Å². The van der Waals surface area contributed by atoms with E-state index in [9.17, 15) is 8.78 Å². The molecule has 0 amide bonds. The van der Waals surface area contributed by atoms with Crippen LogP contribution in [-0.4, -0.2) is 8.32 Å². The molecule has 0 saturated carbocycles. The average Bonchev–Trinajstić information content (AvgIpc) is 2.23. The van der Waals surface area contributed by atoms with Gasteiger partial charge in [0.1, 0.15) is 0 Å². The van der Waals surface area contributed by atoms with Crippen molar-refractivity contribution in [3.8, 4) is 0 Å². The molecule has 0 N–H and O–H groups in total. The lowest BCUT2D eigenvalue weighted by Crippen LogP contribution is -2.24. The highest BCUT2D eigenvalue weighted by atomic mass is 28.4. The van der Waals surface area contributed by atoms with Crippen molar-refractivity contribution in [1.29, 1.82) is 0 Å². The van der Waals surface area contributed by atoms with Crippen LogP contribution in [-0.2, 0) is 9.84 Å². The average molecular weight is 284 g/mol. The molecule has 0 spiro atoms. The van der Waals surface area contributed by atoms with E-state index in [1.54, 1.807) is 12.1 Å². The van der Waals surface area contributed by atoms with Crippen molar-refractivity contribution in [2.75, 3.05) is 0 Å². The lowest BCUT2D eigenvalue weighted by atomic mass is 9.86. The molecule has 0 aliphatic heterocycles. The lowest BCUT2D eigenvalue weighted by Gasteiger charge is -2.22. The molecule has 1 aromatic rings. The molecule has 0 aliphatic rings. The number of rotatable bonds is 3. The second-order valence-corrected chi connectivity index (χ2v) is 11.1. The third-order valence-corrected chi connectivity index (χ3v) is 3.41. The lowest BCUT2D eigenvalue weighted by molar-refractivity contribution is 0.384. The van der Waals surface area contributed by atoms with Gasteiger partial charge in [0, 0.05) is 5.56 Å². The number of halogens is 2. The molecule has 0 atom stereocenters. The summed E-state index contributed by atoms with van der Waals surface area (Å²) in [5, 5.41) is 0. The van der Waals surface area contributed by atoms with E-state index in [0.717, 1.165) is 5.56 Å². The topological polar surface area (TPSA) is 9.23 Å². The molecule has 0 fully saturated rings. The van der Waals surface area contributed by atoms with E-state index in [4.69, 9.17) is 4.43 Å². The van der Waals surface area contributed by atoms with Crippen LogP contribution >= 0.6 is 0 Å². The van der Waals surface area contributed by atoms with Gasteiger partial charge in [-0.05, 0) is 30.6 Å². The molecule has 0 bridgehead atoms. The van der Waals surface area contributed by atoms with E-state index in [1.807, 2.05) is 31.8 Å². The van der Waals surface area contributed by atoms with E-state index in [2.05, 4.69) is 20.8 Å². The van der Waals surface area contributed by atoms with Crippen LogP contribution in [0, 0.1) is 0 Å². The van der Waals surface area contributed by atoms with E-state index in [1.165, 1.54) is 0 Å². The van der Waals surface area contributed by atoms with Crippen LogP contribution in [0.3, 0.4) is 0 Å². The second-order valence-electron chi connectivity index (χ2n) is 6.63. The van der Waals surface area contributed by atoms with E-state index in [0.29, 0.717) is 5.56 Å². The van der Waals surface area contributed by atoms with E-state index >= 15 is 0 Å².